The van der Waals surface area contributed by atoms with Crippen LogP contribution in [0.15, 0.2) is 24.3 Å². The van der Waals surface area contributed by atoms with E-state index in [1.807, 2.05) is 6.07 Å². The molecule has 1 aromatic rings. The first kappa shape index (κ1) is 15.7. The van der Waals surface area contributed by atoms with Gasteiger partial charge in [0.2, 0.25) is 0 Å². The van der Waals surface area contributed by atoms with Crippen LogP contribution in [0.4, 0.5) is 5.69 Å². The SMILES string of the molecule is Clc1cccc(N2CCN(C3CCCN(C4CCC4)C3)CC2)c1. The van der Waals surface area contributed by atoms with Crippen molar-refractivity contribution < 1.29 is 0 Å². The Morgan fingerprint density at radius 1 is 0.826 bits per heavy atom. The molecule has 2 heterocycles. The molecule has 126 valence electrons. The first-order chi connectivity index (χ1) is 11.3. The van der Waals surface area contributed by atoms with Gasteiger partial charge in [-0.05, 0) is 50.4 Å². The van der Waals surface area contributed by atoms with Gasteiger partial charge < -0.3 is 4.90 Å². The average molecular weight is 334 g/mol. The van der Waals surface area contributed by atoms with Crippen molar-refractivity contribution >= 4 is 17.3 Å². The van der Waals surface area contributed by atoms with Crippen molar-refractivity contribution in [3.63, 3.8) is 0 Å². The summed E-state index contributed by atoms with van der Waals surface area (Å²) in [7, 11) is 0. The second-order valence-corrected chi connectivity index (χ2v) is 7.82. The van der Waals surface area contributed by atoms with Crippen LogP contribution in [0.5, 0.6) is 0 Å². The lowest BCUT2D eigenvalue weighted by Gasteiger charge is -2.47. The zero-order chi connectivity index (χ0) is 15.6. The minimum absolute atomic E-state index is 0.783. The average Bonchev–Trinajstić information content (AvgIpc) is 2.54. The van der Waals surface area contributed by atoms with Crippen LogP contribution in [0.25, 0.3) is 0 Å². The van der Waals surface area contributed by atoms with Gasteiger partial charge in [0.25, 0.3) is 0 Å². The predicted molar refractivity (Wildman–Crippen MR) is 97.5 cm³/mol. The maximum absolute atomic E-state index is 6.14. The van der Waals surface area contributed by atoms with E-state index >= 15 is 0 Å². The van der Waals surface area contributed by atoms with Crippen LogP contribution < -0.4 is 4.90 Å². The molecule has 3 nitrogen and oxygen atoms in total. The Balaban J connectivity index is 1.32. The van der Waals surface area contributed by atoms with Crippen molar-refractivity contribution in [3.8, 4) is 0 Å². The number of rotatable bonds is 3. The molecule has 23 heavy (non-hydrogen) atoms. The van der Waals surface area contributed by atoms with E-state index in [-0.39, 0.29) is 0 Å². The fourth-order valence-corrected chi connectivity index (χ4v) is 4.57. The molecule has 2 aliphatic heterocycles. The van der Waals surface area contributed by atoms with Gasteiger partial charge in [0.15, 0.2) is 0 Å². The molecule has 1 atom stereocenters. The Bertz CT molecular complexity index is 523. The smallest absolute Gasteiger partial charge is 0.0426 e. The number of nitrogens with zero attached hydrogens (tertiary/aromatic N) is 3. The Morgan fingerprint density at radius 3 is 2.30 bits per heavy atom. The van der Waals surface area contributed by atoms with Gasteiger partial charge in [-0.2, -0.15) is 0 Å². The topological polar surface area (TPSA) is 9.72 Å². The molecule has 3 fully saturated rings. The molecule has 2 saturated heterocycles. The number of anilines is 1. The van der Waals surface area contributed by atoms with E-state index in [9.17, 15) is 0 Å². The third-order valence-corrected chi connectivity index (χ3v) is 6.26. The van der Waals surface area contributed by atoms with Gasteiger partial charge in [0, 0.05) is 55.5 Å². The van der Waals surface area contributed by atoms with Crippen LogP contribution >= 0.6 is 11.6 Å². The van der Waals surface area contributed by atoms with Crippen LogP contribution in [0.3, 0.4) is 0 Å². The summed E-state index contributed by atoms with van der Waals surface area (Å²) in [6, 6.07) is 9.98. The quantitative estimate of drug-likeness (QED) is 0.838. The lowest BCUT2D eigenvalue weighted by molar-refractivity contribution is 0.0419. The maximum atomic E-state index is 6.14. The highest BCUT2D eigenvalue weighted by Crippen LogP contribution is 2.29. The molecular weight excluding hydrogens is 306 g/mol. The van der Waals surface area contributed by atoms with Crippen molar-refractivity contribution in [1.82, 2.24) is 9.80 Å². The van der Waals surface area contributed by atoms with Crippen molar-refractivity contribution in [3.05, 3.63) is 29.3 Å². The number of hydrogen-bond donors (Lipinski definition) is 0. The van der Waals surface area contributed by atoms with E-state index in [1.54, 1.807) is 0 Å². The second kappa shape index (κ2) is 7.00. The van der Waals surface area contributed by atoms with Gasteiger partial charge in [-0.25, -0.2) is 0 Å². The molecule has 0 N–H and O–H groups in total. The molecule has 1 unspecified atom stereocenters. The molecule has 0 bridgehead atoms. The zero-order valence-corrected chi connectivity index (χ0v) is 14.7. The highest BCUT2D eigenvalue weighted by Gasteiger charge is 2.32. The van der Waals surface area contributed by atoms with E-state index in [0.29, 0.717) is 0 Å². The van der Waals surface area contributed by atoms with Crippen LogP contribution in [0.1, 0.15) is 32.1 Å². The van der Waals surface area contributed by atoms with Crippen molar-refractivity contribution in [1.29, 1.82) is 0 Å². The lowest BCUT2D eigenvalue weighted by Crippen LogP contribution is -2.57. The number of piperidine rings is 1. The molecule has 1 aliphatic carbocycles. The molecule has 0 aromatic heterocycles. The number of benzene rings is 1. The second-order valence-electron chi connectivity index (χ2n) is 7.38. The minimum atomic E-state index is 0.783. The van der Waals surface area contributed by atoms with Crippen LogP contribution in [-0.2, 0) is 0 Å². The maximum Gasteiger partial charge on any atom is 0.0426 e. The standard InChI is InChI=1S/C19H28ClN3/c20-16-4-1-7-18(14-16)21-10-12-22(13-11-21)19-8-3-9-23(15-19)17-5-2-6-17/h1,4,7,14,17,19H,2-3,5-6,8-13,15H2. The molecular formula is C19H28ClN3. The zero-order valence-electron chi connectivity index (χ0n) is 14.0. The third-order valence-electron chi connectivity index (χ3n) is 6.02. The summed E-state index contributed by atoms with van der Waals surface area (Å²) in [6.07, 6.45) is 7.10. The Morgan fingerprint density at radius 2 is 1.61 bits per heavy atom. The summed E-state index contributed by atoms with van der Waals surface area (Å²) in [4.78, 5) is 8.00. The molecule has 0 spiro atoms. The minimum Gasteiger partial charge on any atom is -0.369 e. The van der Waals surface area contributed by atoms with E-state index in [2.05, 4.69) is 32.9 Å². The van der Waals surface area contributed by atoms with Crippen molar-refractivity contribution in [2.24, 2.45) is 0 Å². The number of likely N-dealkylation sites (tertiary alicyclic amines) is 1. The molecule has 4 heteroatoms. The molecule has 1 saturated carbocycles. The molecule has 3 aliphatic rings. The summed E-state index contributed by atoms with van der Waals surface area (Å²) in [5.74, 6) is 0. The normalized spacial score (nSPS) is 27.9. The van der Waals surface area contributed by atoms with E-state index in [0.717, 1.165) is 30.2 Å². The highest BCUT2D eigenvalue weighted by molar-refractivity contribution is 6.30. The summed E-state index contributed by atoms with van der Waals surface area (Å²) in [6.45, 7) is 7.28. The Kier molecular flexibility index (Phi) is 4.79. The van der Waals surface area contributed by atoms with Gasteiger partial charge in [0.05, 0.1) is 0 Å². The summed E-state index contributed by atoms with van der Waals surface area (Å²) in [5, 5.41) is 0.841. The number of piperazine rings is 1. The first-order valence-corrected chi connectivity index (χ1v) is 9.66. The lowest BCUT2D eigenvalue weighted by atomic mass is 9.89. The third kappa shape index (κ3) is 3.52. The Labute approximate surface area is 145 Å². The molecule has 4 rings (SSSR count). The molecule has 0 amide bonds. The van der Waals surface area contributed by atoms with Gasteiger partial charge in [-0.15, -0.1) is 0 Å². The molecule has 1 aromatic carbocycles. The number of halogens is 1. The summed E-state index contributed by atoms with van der Waals surface area (Å²) >= 11 is 6.14. The first-order valence-electron chi connectivity index (χ1n) is 9.28. The predicted octanol–water partition coefficient (Wildman–Crippen LogP) is 3.48. The van der Waals surface area contributed by atoms with Crippen LogP contribution in [-0.4, -0.2) is 61.2 Å². The monoisotopic (exact) mass is 333 g/mol. The molecule has 0 radical (unpaired) electrons. The van der Waals surface area contributed by atoms with Gasteiger partial charge in [-0.3, -0.25) is 9.80 Å². The van der Waals surface area contributed by atoms with E-state index < -0.39 is 0 Å². The summed E-state index contributed by atoms with van der Waals surface area (Å²) < 4.78 is 0. The fourth-order valence-electron chi connectivity index (χ4n) is 4.38. The van der Waals surface area contributed by atoms with Gasteiger partial charge in [-0.1, -0.05) is 24.1 Å². The van der Waals surface area contributed by atoms with Crippen LogP contribution in [0, 0.1) is 0 Å². The van der Waals surface area contributed by atoms with Gasteiger partial charge in [0.1, 0.15) is 0 Å². The fraction of sp³-hybridized carbons (Fsp3) is 0.684. The largest absolute Gasteiger partial charge is 0.369 e. The van der Waals surface area contributed by atoms with E-state index in [1.165, 1.54) is 64.0 Å². The Hall–Kier alpha value is -0.770. The van der Waals surface area contributed by atoms with Crippen molar-refractivity contribution in [2.75, 3.05) is 44.2 Å². The highest BCUT2D eigenvalue weighted by atomic mass is 35.5. The van der Waals surface area contributed by atoms with E-state index in [4.69, 9.17) is 11.6 Å². The van der Waals surface area contributed by atoms with Crippen molar-refractivity contribution in [2.45, 2.75) is 44.2 Å². The number of hydrogen-bond acceptors (Lipinski definition) is 3. The van der Waals surface area contributed by atoms with Crippen LogP contribution in [0.2, 0.25) is 5.02 Å². The van der Waals surface area contributed by atoms with Gasteiger partial charge >= 0.3 is 0 Å². The summed E-state index contributed by atoms with van der Waals surface area (Å²) in [5.41, 5.74) is 1.27.